The average molecular weight is 351 g/mol. The highest BCUT2D eigenvalue weighted by atomic mass is 79.9. The second kappa shape index (κ2) is 5.79. The summed E-state index contributed by atoms with van der Waals surface area (Å²) in [4.78, 5) is 0. The Morgan fingerprint density at radius 3 is 2.65 bits per heavy atom. The van der Waals surface area contributed by atoms with E-state index in [-0.39, 0.29) is 0 Å². The van der Waals surface area contributed by atoms with E-state index in [1.165, 1.54) is 18.4 Å². The summed E-state index contributed by atoms with van der Waals surface area (Å²) in [7, 11) is 0. The van der Waals surface area contributed by atoms with Gasteiger partial charge in [-0.15, -0.1) is 0 Å². The first-order valence-corrected chi connectivity index (χ1v) is 8.07. The van der Waals surface area contributed by atoms with Gasteiger partial charge in [-0.2, -0.15) is 0 Å². The van der Waals surface area contributed by atoms with Crippen molar-refractivity contribution in [2.45, 2.75) is 31.7 Å². The average Bonchev–Trinajstić information content (AvgIpc) is 2.37. The van der Waals surface area contributed by atoms with Crippen LogP contribution in [0.4, 0.5) is 5.69 Å². The highest BCUT2D eigenvalue weighted by molar-refractivity contribution is 9.10. The van der Waals surface area contributed by atoms with Gasteiger partial charge in [0.05, 0.1) is 0 Å². The Morgan fingerprint density at radius 2 is 1.95 bits per heavy atom. The van der Waals surface area contributed by atoms with Crippen LogP contribution in [0.25, 0.3) is 0 Å². The molecule has 0 aromatic heterocycles. The van der Waals surface area contributed by atoms with Crippen LogP contribution in [0.15, 0.2) is 46.9 Å². The zero-order chi connectivity index (χ0) is 14.1. The quantitative estimate of drug-likeness (QED) is 0.741. The third-order valence-electron chi connectivity index (χ3n) is 4.00. The van der Waals surface area contributed by atoms with Crippen LogP contribution in [0.2, 0.25) is 5.02 Å². The lowest BCUT2D eigenvalue weighted by molar-refractivity contribution is 0.374. The molecule has 0 radical (unpaired) electrons. The molecule has 2 aromatic rings. The van der Waals surface area contributed by atoms with Gasteiger partial charge in [0.1, 0.15) is 0 Å². The lowest BCUT2D eigenvalue weighted by atomic mass is 9.76. The number of benzene rings is 2. The Hall–Kier alpha value is -0.990. The van der Waals surface area contributed by atoms with Crippen molar-refractivity contribution in [2.24, 2.45) is 0 Å². The van der Waals surface area contributed by atoms with Crippen LogP contribution in [0.5, 0.6) is 0 Å². The van der Waals surface area contributed by atoms with Gasteiger partial charge in [-0.05, 0) is 61.1 Å². The lowest BCUT2D eigenvalue weighted by Gasteiger charge is -2.37. The largest absolute Gasteiger partial charge is 0.382 e. The van der Waals surface area contributed by atoms with E-state index in [1.54, 1.807) is 0 Å². The molecule has 20 heavy (non-hydrogen) atoms. The highest BCUT2D eigenvalue weighted by Crippen LogP contribution is 2.39. The standard InChI is InChI=1S/C17H17BrClN/c1-11-5-6-15(10-17(11)19)20-16-8-13(9-16)12-3-2-4-14(18)7-12/h2-7,10,13,16,20H,8-9H2,1H3. The molecule has 3 rings (SSSR count). The highest BCUT2D eigenvalue weighted by Gasteiger charge is 2.30. The predicted octanol–water partition coefficient (Wildman–Crippen LogP) is 5.77. The van der Waals surface area contributed by atoms with E-state index in [2.05, 4.69) is 57.6 Å². The molecule has 0 bridgehead atoms. The third-order valence-corrected chi connectivity index (χ3v) is 4.90. The molecule has 1 N–H and O–H groups in total. The van der Waals surface area contributed by atoms with Gasteiger partial charge in [0.2, 0.25) is 0 Å². The molecule has 0 aliphatic heterocycles. The monoisotopic (exact) mass is 349 g/mol. The molecule has 3 heteroatoms. The van der Waals surface area contributed by atoms with Crippen molar-refractivity contribution in [3.63, 3.8) is 0 Å². The normalized spacial score (nSPS) is 21.4. The van der Waals surface area contributed by atoms with Gasteiger partial charge in [0, 0.05) is 21.2 Å². The molecule has 0 saturated heterocycles. The number of anilines is 1. The van der Waals surface area contributed by atoms with Crippen LogP contribution < -0.4 is 5.32 Å². The molecule has 0 spiro atoms. The number of rotatable bonds is 3. The topological polar surface area (TPSA) is 12.0 Å². The molecule has 104 valence electrons. The number of hydrogen-bond acceptors (Lipinski definition) is 1. The fourth-order valence-electron chi connectivity index (χ4n) is 2.69. The number of halogens is 2. The van der Waals surface area contributed by atoms with Crippen molar-refractivity contribution in [1.29, 1.82) is 0 Å². The molecular formula is C17H17BrClN. The van der Waals surface area contributed by atoms with E-state index in [4.69, 9.17) is 11.6 Å². The Kier molecular flexibility index (Phi) is 4.04. The molecular weight excluding hydrogens is 334 g/mol. The van der Waals surface area contributed by atoms with Crippen LogP contribution in [0.3, 0.4) is 0 Å². The fraction of sp³-hybridized carbons (Fsp3) is 0.294. The molecule has 1 aliphatic rings. The number of aryl methyl sites for hydroxylation is 1. The summed E-state index contributed by atoms with van der Waals surface area (Å²) in [5.41, 5.74) is 3.68. The number of nitrogens with one attached hydrogen (secondary N) is 1. The van der Waals surface area contributed by atoms with E-state index in [0.717, 1.165) is 20.7 Å². The minimum absolute atomic E-state index is 0.553. The van der Waals surface area contributed by atoms with Crippen molar-refractivity contribution in [3.05, 3.63) is 63.1 Å². The van der Waals surface area contributed by atoms with Crippen LogP contribution >= 0.6 is 27.5 Å². The summed E-state index contributed by atoms with van der Waals surface area (Å²) >= 11 is 9.69. The third kappa shape index (κ3) is 3.02. The van der Waals surface area contributed by atoms with Gasteiger partial charge in [-0.3, -0.25) is 0 Å². The Bertz CT molecular complexity index is 620. The molecule has 0 heterocycles. The van der Waals surface area contributed by atoms with Gasteiger partial charge in [-0.25, -0.2) is 0 Å². The zero-order valence-electron chi connectivity index (χ0n) is 11.4. The molecule has 2 aromatic carbocycles. The van der Waals surface area contributed by atoms with E-state index in [9.17, 15) is 0 Å². The van der Waals surface area contributed by atoms with E-state index < -0.39 is 0 Å². The molecule has 0 amide bonds. The van der Waals surface area contributed by atoms with Crippen molar-refractivity contribution in [3.8, 4) is 0 Å². The van der Waals surface area contributed by atoms with Crippen LogP contribution in [0, 0.1) is 6.92 Å². The first-order valence-electron chi connectivity index (χ1n) is 6.90. The summed E-state index contributed by atoms with van der Waals surface area (Å²) in [6, 6.07) is 15.4. The van der Waals surface area contributed by atoms with Gasteiger partial charge in [-0.1, -0.05) is 45.7 Å². The molecule has 0 atom stereocenters. The van der Waals surface area contributed by atoms with Gasteiger partial charge in [0.25, 0.3) is 0 Å². The SMILES string of the molecule is Cc1ccc(NC2CC(c3cccc(Br)c3)C2)cc1Cl. The van der Waals surface area contributed by atoms with Crippen molar-refractivity contribution < 1.29 is 0 Å². The smallest absolute Gasteiger partial charge is 0.0455 e. The minimum Gasteiger partial charge on any atom is -0.382 e. The summed E-state index contributed by atoms with van der Waals surface area (Å²) in [6.07, 6.45) is 2.36. The van der Waals surface area contributed by atoms with E-state index >= 15 is 0 Å². The maximum atomic E-state index is 6.16. The predicted molar refractivity (Wildman–Crippen MR) is 89.7 cm³/mol. The molecule has 1 fully saturated rings. The molecule has 1 aliphatic carbocycles. The second-order valence-corrected chi connectivity index (χ2v) is 6.85. The van der Waals surface area contributed by atoms with Crippen molar-refractivity contribution in [1.82, 2.24) is 0 Å². The Labute approximate surface area is 133 Å². The Balaban J connectivity index is 1.59. The van der Waals surface area contributed by atoms with E-state index in [0.29, 0.717) is 12.0 Å². The summed E-state index contributed by atoms with van der Waals surface area (Å²) in [6.45, 7) is 2.03. The van der Waals surface area contributed by atoms with Gasteiger partial charge in [0.15, 0.2) is 0 Å². The lowest BCUT2D eigenvalue weighted by Crippen LogP contribution is -2.33. The van der Waals surface area contributed by atoms with Crippen molar-refractivity contribution in [2.75, 3.05) is 5.32 Å². The van der Waals surface area contributed by atoms with Crippen LogP contribution in [-0.4, -0.2) is 6.04 Å². The molecule has 0 unspecified atom stereocenters. The van der Waals surface area contributed by atoms with Crippen LogP contribution in [0.1, 0.15) is 29.9 Å². The molecule has 1 nitrogen and oxygen atoms in total. The van der Waals surface area contributed by atoms with Crippen LogP contribution in [-0.2, 0) is 0 Å². The Morgan fingerprint density at radius 1 is 1.15 bits per heavy atom. The first-order chi connectivity index (χ1) is 9.61. The maximum Gasteiger partial charge on any atom is 0.0455 e. The first kappa shape index (κ1) is 14.0. The minimum atomic E-state index is 0.553. The van der Waals surface area contributed by atoms with Gasteiger partial charge < -0.3 is 5.32 Å². The maximum absolute atomic E-state index is 6.16. The fourth-order valence-corrected chi connectivity index (χ4v) is 3.28. The summed E-state index contributed by atoms with van der Waals surface area (Å²) < 4.78 is 1.16. The number of hydrogen-bond donors (Lipinski definition) is 1. The molecule has 1 saturated carbocycles. The zero-order valence-corrected chi connectivity index (χ0v) is 13.7. The van der Waals surface area contributed by atoms with Gasteiger partial charge >= 0.3 is 0 Å². The second-order valence-electron chi connectivity index (χ2n) is 5.53. The summed E-state index contributed by atoms with van der Waals surface area (Å²) in [5, 5.41) is 4.40. The van der Waals surface area contributed by atoms with E-state index in [1.807, 2.05) is 13.0 Å². The van der Waals surface area contributed by atoms with Crippen molar-refractivity contribution >= 4 is 33.2 Å². The summed E-state index contributed by atoms with van der Waals surface area (Å²) in [5.74, 6) is 0.672.